The van der Waals surface area contributed by atoms with Crippen molar-refractivity contribution in [3.63, 3.8) is 0 Å². The number of pyridine rings is 2. The van der Waals surface area contributed by atoms with Gasteiger partial charge in [0.2, 0.25) is 0 Å². The standard InChI is InChI=1S/C22H29BrN4O2Si.C21H21N5O.C4H5N2.3C4H9.Sn/c1-30(2,3)13-12-29-16-27-20-5-4-18(23)15-19(20)22(25-27)17-6-7-24-21(14-17)26-8-10-28-11-9-26;1-25-14-22-13-19(25)15-2-3-17-12-24-21(18(17)10-15)16-4-5-23-20(11-16)26-6-8-27-9-7-26;1-6-3-2-5-4-6;3*1-3-4-2;/h4-7,14-15H,8-13,16H2,1-3H3;2-5,10-11,13-14H,6-9,12H2,1H3;2,4H,1H3;3*1,3-4H2,2H3;. The molecule has 8 heterocycles. The van der Waals surface area contributed by atoms with Crippen molar-refractivity contribution < 1.29 is 14.2 Å². The Bertz CT molecular complexity index is 2950. The molecule has 14 nitrogen and oxygen atoms in total. The normalized spacial score (nSPS) is 14.8. The third-order valence-corrected chi connectivity index (χ3v) is 32.8. The summed E-state index contributed by atoms with van der Waals surface area (Å²) in [7, 11) is 3.11. The number of ether oxygens (including phenoxy) is 3. The summed E-state index contributed by atoms with van der Waals surface area (Å²) in [5.41, 5.74) is 9.99. The average molecular weight is 1220 g/mol. The number of halogens is 1. The van der Waals surface area contributed by atoms with Gasteiger partial charge in [0, 0.05) is 92.4 Å². The second kappa shape index (κ2) is 27.7. The zero-order chi connectivity index (χ0) is 53.5. The Balaban J connectivity index is 0.000000155. The maximum Gasteiger partial charge on any atom is 0.140 e. The number of anilines is 2. The van der Waals surface area contributed by atoms with Gasteiger partial charge in [0.15, 0.2) is 0 Å². The van der Waals surface area contributed by atoms with Crippen LogP contribution in [0.1, 0.15) is 76.0 Å². The van der Waals surface area contributed by atoms with Gasteiger partial charge in [-0.25, -0.2) is 19.6 Å². The molecule has 0 aliphatic carbocycles. The van der Waals surface area contributed by atoms with Gasteiger partial charge in [0.05, 0.1) is 62.4 Å². The molecular weight excluding hydrogens is 1140 g/mol. The van der Waals surface area contributed by atoms with Gasteiger partial charge in [-0.1, -0.05) is 47.7 Å². The monoisotopic (exact) mass is 1220 g/mol. The smallest absolute Gasteiger partial charge is 0.140 e. The molecule has 3 aliphatic rings. The first-order valence-electron chi connectivity index (χ1n) is 27.8. The maximum absolute atomic E-state index is 5.99. The van der Waals surface area contributed by atoms with Gasteiger partial charge in [0.1, 0.15) is 24.1 Å². The van der Waals surface area contributed by atoms with Crippen molar-refractivity contribution in [3.8, 4) is 22.5 Å². The minimum Gasteiger partial charge on any atom is -0.378 e. The van der Waals surface area contributed by atoms with Crippen LogP contribution in [-0.2, 0) is 41.6 Å². The minimum atomic E-state index is -2.19. The molecular formula is C59H82BrN11O3SiSn. The van der Waals surface area contributed by atoms with E-state index < -0.39 is 26.5 Å². The third kappa shape index (κ3) is 14.9. The molecule has 0 amide bonds. The summed E-state index contributed by atoms with van der Waals surface area (Å²) in [6.45, 7) is 22.5. The van der Waals surface area contributed by atoms with Gasteiger partial charge in [0.25, 0.3) is 0 Å². The van der Waals surface area contributed by atoms with Crippen LogP contribution in [0.2, 0.25) is 39.0 Å². The third-order valence-electron chi connectivity index (χ3n) is 14.9. The van der Waals surface area contributed by atoms with Crippen molar-refractivity contribution in [2.75, 3.05) is 69.0 Å². The Labute approximate surface area is 465 Å². The predicted molar refractivity (Wildman–Crippen MR) is 321 cm³/mol. The molecule has 17 heteroatoms. The number of fused-ring (bicyclic) bond motifs is 2. The summed E-state index contributed by atoms with van der Waals surface area (Å²) >= 11 is 1.42. The quantitative estimate of drug-likeness (QED) is 0.0538. The Morgan fingerprint density at radius 1 is 0.684 bits per heavy atom. The van der Waals surface area contributed by atoms with E-state index in [1.54, 1.807) is 3.71 Å². The minimum absolute atomic E-state index is 0.462. The molecule has 406 valence electrons. The number of rotatable bonds is 20. The number of hydrogen-bond donors (Lipinski definition) is 0. The summed E-state index contributed by atoms with van der Waals surface area (Å²) in [5, 5.41) is 6.04. The summed E-state index contributed by atoms with van der Waals surface area (Å²) < 4.78 is 30.6. The van der Waals surface area contributed by atoms with Crippen molar-refractivity contribution in [1.82, 2.24) is 38.9 Å². The average Bonchev–Trinajstić information content (AvgIpc) is 4.28. The largest absolute Gasteiger partial charge is 0.378 e. The molecule has 2 fully saturated rings. The molecule has 0 atom stereocenters. The molecule has 76 heavy (non-hydrogen) atoms. The molecule has 5 aromatic heterocycles. The van der Waals surface area contributed by atoms with Crippen molar-refractivity contribution >= 4 is 74.3 Å². The van der Waals surface area contributed by atoms with Crippen molar-refractivity contribution in [3.05, 3.63) is 119 Å². The summed E-state index contributed by atoms with van der Waals surface area (Å²) in [4.78, 5) is 27.2. The van der Waals surface area contributed by atoms with Crippen LogP contribution in [0.5, 0.6) is 0 Å². The molecule has 10 rings (SSSR count). The summed E-state index contributed by atoms with van der Waals surface area (Å²) in [6, 6.07) is 22.4. The fourth-order valence-electron chi connectivity index (χ4n) is 10.5. The van der Waals surface area contributed by atoms with Crippen molar-refractivity contribution in [1.29, 1.82) is 0 Å². The van der Waals surface area contributed by atoms with E-state index in [-0.39, 0.29) is 0 Å². The number of unbranched alkanes of at least 4 members (excludes halogenated alkanes) is 3. The van der Waals surface area contributed by atoms with Gasteiger partial charge in [-0.15, -0.1) is 0 Å². The molecule has 2 aromatic carbocycles. The van der Waals surface area contributed by atoms with Gasteiger partial charge in [-0.3, -0.25) is 4.99 Å². The van der Waals surface area contributed by atoms with E-state index in [0.29, 0.717) is 6.73 Å². The number of nitrogens with zero attached hydrogens (tertiary/aromatic N) is 11. The number of aryl methyl sites for hydroxylation is 2. The fraction of sp³-hybridized carbons (Fsp3) is 0.492. The van der Waals surface area contributed by atoms with E-state index in [0.717, 1.165) is 133 Å². The molecule has 0 unspecified atom stereocenters. The van der Waals surface area contributed by atoms with E-state index in [9.17, 15) is 0 Å². The topological polar surface area (TPSA) is 126 Å². The molecule has 0 radical (unpaired) electrons. The fourth-order valence-corrected chi connectivity index (χ4v) is 28.0. The van der Waals surface area contributed by atoms with Gasteiger partial charge < -0.3 is 28.6 Å². The number of aliphatic imine (C=N–C) groups is 1. The summed E-state index contributed by atoms with van der Waals surface area (Å²) in [5.74, 6) is 1.97. The molecule has 0 spiro atoms. The number of benzene rings is 2. The maximum atomic E-state index is 5.99. The first-order chi connectivity index (χ1) is 36.9. The van der Waals surface area contributed by atoms with Gasteiger partial charge >= 0.3 is 124 Å². The van der Waals surface area contributed by atoms with Gasteiger partial charge in [-0.05, 0) is 60.1 Å². The van der Waals surface area contributed by atoms with Crippen LogP contribution >= 0.6 is 15.9 Å². The second-order valence-electron chi connectivity index (χ2n) is 21.8. The van der Waals surface area contributed by atoms with E-state index in [1.807, 2.05) is 53.6 Å². The van der Waals surface area contributed by atoms with Gasteiger partial charge in [-0.2, -0.15) is 5.10 Å². The molecule has 0 N–H and O–H groups in total. The number of aromatic nitrogens is 8. The van der Waals surface area contributed by atoms with Crippen LogP contribution in [0.25, 0.3) is 33.4 Å². The van der Waals surface area contributed by atoms with Crippen molar-refractivity contribution in [2.24, 2.45) is 19.1 Å². The van der Waals surface area contributed by atoms with Crippen LogP contribution in [0, 0.1) is 0 Å². The van der Waals surface area contributed by atoms with Crippen LogP contribution in [0.3, 0.4) is 0 Å². The number of hydrogen-bond acceptors (Lipinski definition) is 11. The zero-order valence-electron chi connectivity index (χ0n) is 46.6. The molecule has 3 aliphatic heterocycles. The SMILES string of the molecule is CCC[CH2][Sn]([CH2]CCC)([CH2]CCC)[c]1cncn1C.C[Si](C)(C)CCOCn1nc(-c2ccnc(N3CCOCC3)c2)c2cc(Br)ccc21.Cn1cncc1-c1ccc2c(c1)C(c1ccnc(N3CCOCC3)c1)=NC2. The van der Waals surface area contributed by atoms with E-state index in [4.69, 9.17) is 24.3 Å². The molecule has 0 saturated carbocycles. The van der Waals surface area contributed by atoms with Crippen molar-refractivity contribution in [2.45, 2.75) is 112 Å². The van der Waals surface area contributed by atoms with Crippen LogP contribution in [-0.4, -0.2) is 130 Å². The Morgan fingerprint density at radius 2 is 1.29 bits per heavy atom. The van der Waals surface area contributed by atoms with E-state index >= 15 is 0 Å². The van der Waals surface area contributed by atoms with E-state index in [1.165, 1.54) is 63.0 Å². The van der Waals surface area contributed by atoms with Crippen LogP contribution < -0.4 is 13.5 Å². The first-order valence-corrected chi connectivity index (χ1v) is 39.8. The number of morpholine rings is 2. The zero-order valence-corrected chi connectivity index (χ0v) is 52.0. The molecule has 2 saturated heterocycles. The Kier molecular flexibility index (Phi) is 21.0. The first kappa shape index (κ1) is 57.5. The van der Waals surface area contributed by atoms with Crippen LogP contribution in [0.4, 0.5) is 11.6 Å². The van der Waals surface area contributed by atoms with E-state index in [2.05, 4.69) is 158 Å². The molecule has 0 bridgehead atoms. The summed E-state index contributed by atoms with van der Waals surface area (Å²) in [6.07, 6.45) is 20.0. The molecule has 7 aromatic rings. The van der Waals surface area contributed by atoms with Crippen LogP contribution in [0.15, 0.2) is 108 Å². The predicted octanol–water partition coefficient (Wildman–Crippen LogP) is 12.2. The second-order valence-corrected chi connectivity index (χ2v) is 41.4. The Hall–Kier alpha value is -4.72. The Morgan fingerprint density at radius 3 is 1.87 bits per heavy atom. The number of imidazole rings is 2.